The van der Waals surface area contributed by atoms with E-state index in [1.807, 2.05) is 6.92 Å². The molecule has 3 N–H and O–H groups in total. The summed E-state index contributed by atoms with van der Waals surface area (Å²) >= 11 is 6.52. The first-order valence-electron chi connectivity index (χ1n) is 6.68. The van der Waals surface area contributed by atoms with E-state index in [1.165, 1.54) is 11.3 Å². The van der Waals surface area contributed by atoms with E-state index < -0.39 is 0 Å². The Balaban J connectivity index is 1.78. The summed E-state index contributed by atoms with van der Waals surface area (Å²) in [6.07, 6.45) is 4.06. The first-order chi connectivity index (χ1) is 9.04. The number of aryl methyl sites for hydroxylation is 1. The fourth-order valence-electron chi connectivity index (χ4n) is 2.52. The summed E-state index contributed by atoms with van der Waals surface area (Å²) in [6.45, 7) is 2.61. The highest BCUT2D eigenvalue weighted by Crippen LogP contribution is 2.23. The highest BCUT2D eigenvalue weighted by Gasteiger charge is 2.20. The maximum absolute atomic E-state index is 11.9. The number of aromatic nitrogens is 1. The minimum Gasteiger partial charge on any atom is -0.393 e. The number of aliphatic hydroxyl groups excluding tert-OH is 1. The number of amides is 1. The van der Waals surface area contributed by atoms with Gasteiger partial charge in [0.25, 0.3) is 0 Å². The summed E-state index contributed by atoms with van der Waals surface area (Å²) in [6, 6.07) is 0. The van der Waals surface area contributed by atoms with Crippen molar-refractivity contribution in [3.05, 3.63) is 14.5 Å². The third kappa shape index (κ3) is 4.40. The standard InChI is InChI=1S/C13H20N2O2S2/c1-8-11(19-13(18)15-8)6-12(17)14-7-9-3-2-4-10(16)5-9/h9-10,16H,2-7H2,1H3,(H,14,17)(H,15,18). The van der Waals surface area contributed by atoms with E-state index >= 15 is 0 Å². The van der Waals surface area contributed by atoms with Crippen LogP contribution in [0, 0.1) is 16.8 Å². The van der Waals surface area contributed by atoms with Gasteiger partial charge in [-0.2, -0.15) is 0 Å². The fraction of sp³-hybridized carbons (Fsp3) is 0.692. The van der Waals surface area contributed by atoms with Gasteiger partial charge in [-0.05, 0) is 44.3 Å². The second-order valence-corrected chi connectivity index (χ2v) is 7.00. The molecule has 1 aliphatic carbocycles. The number of aliphatic hydroxyl groups is 1. The number of H-pyrrole nitrogens is 1. The predicted octanol–water partition coefficient (Wildman–Crippen LogP) is 2.32. The minimum absolute atomic E-state index is 0.0356. The lowest BCUT2D eigenvalue weighted by molar-refractivity contribution is -0.120. The third-order valence-electron chi connectivity index (χ3n) is 3.59. The first kappa shape index (κ1) is 14.7. The largest absolute Gasteiger partial charge is 0.393 e. The monoisotopic (exact) mass is 300 g/mol. The Morgan fingerprint density at radius 1 is 1.58 bits per heavy atom. The molecule has 0 aliphatic heterocycles. The first-order valence-corrected chi connectivity index (χ1v) is 7.90. The van der Waals surface area contributed by atoms with E-state index in [1.54, 1.807) is 0 Å². The number of hydrogen-bond donors (Lipinski definition) is 3. The Bertz CT molecular complexity index is 495. The second kappa shape index (κ2) is 6.63. The van der Waals surface area contributed by atoms with Crippen molar-refractivity contribution in [3.8, 4) is 0 Å². The molecule has 106 valence electrons. The maximum atomic E-state index is 11.9. The predicted molar refractivity (Wildman–Crippen MR) is 78.9 cm³/mol. The van der Waals surface area contributed by atoms with Crippen molar-refractivity contribution >= 4 is 29.5 Å². The molecular formula is C13H20N2O2S2. The fourth-order valence-corrected chi connectivity index (χ4v) is 3.81. The van der Waals surface area contributed by atoms with E-state index in [9.17, 15) is 9.90 Å². The van der Waals surface area contributed by atoms with Gasteiger partial charge in [-0.25, -0.2) is 0 Å². The molecule has 1 heterocycles. The Labute approximate surface area is 122 Å². The van der Waals surface area contributed by atoms with Crippen LogP contribution in [0.5, 0.6) is 0 Å². The van der Waals surface area contributed by atoms with Crippen molar-refractivity contribution in [3.63, 3.8) is 0 Å². The molecule has 19 heavy (non-hydrogen) atoms. The Kier molecular flexibility index (Phi) is 5.13. The lowest BCUT2D eigenvalue weighted by Gasteiger charge is -2.25. The molecule has 1 aliphatic rings. The zero-order valence-electron chi connectivity index (χ0n) is 11.1. The topological polar surface area (TPSA) is 65.1 Å². The van der Waals surface area contributed by atoms with Crippen LogP contribution in [0.3, 0.4) is 0 Å². The molecule has 0 aromatic carbocycles. The van der Waals surface area contributed by atoms with E-state index in [-0.39, 0.29) is 12.0 Å². The van der Waals surface area contributed by atoms with Crippen molar-refractivity contribution in [2.24, 2.45) is 5.92 Å². The van der Waals surface area contributed by atoms with Gasteiger partial charge in [-0.1, -0.05) is 6.42 Å². The summed E-state index contributed by atoms with van der Waals surface area (Å²) in [5.74, 6) is 0.451. The molecule has 0 spiro atoms. The Morgan fingerprint density at radius 2 is 2.37 bits per heavy atom. The molecule has 4 nitrogen and oxygen atoms in total. The quantitative estimate of drug-likeness (QED) is 0.748. The van der Waals surface area contributed by atoms with Crippen LogP contribution in [0.25, 0.3) is 0 Å². The molecule has 1 aromatic rings. The van der Waals surface area contributed by atoms with Gasteiger partial charge in [0.2, 0.25) is 5.91 Å². The number of nitrogens with one attached hydrogen (secondary N) is 2. The van der Waals surface area contributed by atoms with Crippen molar-refractivity contribution in [1.29, 1.82) is 0 Å². The Morgan fingerprint density at radius 3 is 3.00 bits per heavy atom. The molecule has 0 radical (unpaired) electrons. The van der Waals surface area contributed by atoms with Gasteiger partial charge < -0.3 is 15.4 Å². The molecule has 1 fully saturated rings. The maximum Gasteiger partial charge on any atom is 0.225 e. The van der Waals surface area contributed by atoms with Crippen LogP contribution in [0.1, 0.15) is 36.3 Å². The lowest BCUT2D eigenvalue weighted by atomic mass is 9.87. The molecule has 2 unspecified atom stereocenters. The van der Waals surface area contributed by atoms with Crippen molar-refractivity contribution in [1.82, 2.24) is 10.3 Å². The van der Waals surface area contributed by atoms with E-state index in [0.29, 0.717) is 18.9 Å². The lowest BCUT2D eigenvalue weighted by Crippen LogP contribution is -2.33. The van der Waals surface area contributed by atoms with Gasteiger partial charge in [0, 0.05) is 17.1 Å². The summed E-state index contributed by atoms with van der Waals surface area (Å²) < 4.78 is 0.718. The highest BCUT2D eigenvalue weighted by atomic mass is 32.1. The molecule has 1 amide bonds. The van der Waals surface area contributed by atoms with E-state index in [2.05, 4.69) is 10.3 Å². The summed E-state index contributed by atoms with van der Waals surface area (Å²) in [5, 5.41) is 12.6. The smallest absolute Gasteiger partial charge is 0.225 e. The van der Waals surface area contributed by atoms with E-state index in [4.69, 9.17) is 12.2 Å². The highest BCUT2D eigenvalue weighted by molar-refractivity contribution is 7.73. The molecule has 1 aromatic heterocycles. The summed E-state index contributed by atoms with van der Waals surface area (Å²) in [7, 11) is 0. The zero-order chi connectivity index (χ0) is 13.8. The average Bonchev–Trinajstić information content (AvgIpc) is 2.65. The van der Waals surface area contributed by atoms with Gasteiger partial charge in [-0.3, -0.25) is 4.79 Å². The molecule has 0 saturated heterocycles. The van der Waals surface area contributed by atoms with Crippen LogP contribution >= 0.6 is 23.6 Å². The van der Waals surface area contributed by atoms with Crippen molar-refractivity contribution in [2.45, 2.75) is 45.1 Å². The Hall–Kier alpha value is -0.720. The number of carbonyl (C=O) groups is 1. The molecule has 2 atom stereocenters. The van der Waals surface area contributed by atoms with Crippen LogP contribution in [-0.2, 0) is 11.2 Å². The van der Waals surface area contributed by atoms with Gasteiger partial charge in [-0.15, -0.1) is 11.3 Å². The second-order valence-electron chi connectivity index (χ2n) is 5.23. The number of thiazole rings is 1. The third-order valence-corrected chi connectivity index (χ3v) is 4.92. The molecule has 0 bridgehead atoms. The van der Waals surface area contributed by atoms with Crippen LogP contribution in [-0.4, -0.2) is 28.6 Å². The van der Waals surface area contributed by atoms with Crippen LogP contribution in [0.4, 0.5) is 0 Å². The summed E-state index contributed by atoms with van der Waals surface area (Å²) in [5.41, 5.74) is 0.984. The SMILES string of the molecule is Cc1[nH]c(=S)sc1CC(=O)NCC1CCCC(O)C1. The summed E-state index contributed by atoms with van der Waals surface area (Å²) in [4.78, 5) is 15.9. The molecule has 6 heteroatoms. The zero-order valence-corrected chi connectivity index (χ0v) is 12.7. The minimum atomic E-state index is -0.187. The van der Waals surface area contributed by atoms with Crippen molar-refractivity contribution < 1.29 is 9.90 Å². The molecule has 1 saturated carbocycles. The molecule has 2 rings (SSSR count). The number of rotatable bonds is 4. The van der Waals surface area contributed by atoms with Crippen LogP contribution < -0.4 is 5.32 Å². The average molecular weight is 300 g/mol. The van der Waals surface area contributed by atoms with Crippen LogP contribution in [0.15, 0.2) is 0 Å². The van der Waals surface area contributed by atoms with Gasteiger partial charge in [0.1, 0.15) is 0 Å². The number of hydrogen-bond acceptors (Lipinski definition) is 4. The van der Waals surface area contributed by atoms with Crippen molar-refractivity contribution in [2.75, 3.05) is 6.54 Å². The van der Waals surface area contributed by atoms with Gasteiger partial charge >= 0.3 is 0 Å². The van der Waals surface area contributed by atoms with Crippen LogP contribution in [0.2, 0.25) is 0 Å². The molecular weight excluding hydrogens is 280 g/mol. The van der Waals surface area contributed by atoms with Gasteiger partial charge in [0.15, 0.2) is 3.95 Å². The number of aromatic amines is 1. The normalized spacial score (nSPS) is 23.3. The number of carbonyl (C=O) groups excluding carboxylic acids is 1. The van der Waals surface area contributed by atoms with E-state index in [0.717, 1.165) is 40.2 Å². The van der Waals surface area contributed by atoms with Gasteiger partial charge in [0.05, 0.1) is 12.5 Å².